The van der Waals surface area contributed by atoms with Crippen LogP contribution < -0.4 is 5.73 Å². The topological polar surface area (TPSA) is 77.6 Å². The Morgan fingerprint density at radius 1 is 1.32 bits per heavy atom. The van der Waals surface area contributed by atoms with Gasteiger partial charge in [-0.15, -0.1) is 0 Å². The Morgan fingerprint density at radius 2 is 1.96 bits per heavy atom. The number of aromatic nitrogens is 1. The molecular weight excluding hydrogens is 338 g/mol. The second kappa shape index (κ2) is 6.29. The molecule has 1 fully saturated rings. The standard InChI is InChI=1S/C18H22BClN2O3/c1-17(2)18(3,4)25-19(24-17)12(10-21)8-11-9-14(20)13-6-5-7-22-15(13)16(11)23/h5-9,23H,10,21H2,1-4H3. The third-order valence-corrected chi connectivity index (χ3v) is 5.29. The molecule has 3 rings (SSSR count). The number of phenols is 1. The number of aromatic hydroxyl groups is 1. The lowest BCUT2D eigenvalue weighted by molar-refractivity contribution is 0.00578. The van der Waals surface area contributed by atoms with Gasteiger partial charge in [-0.3, -0.25) is 4.98 Å². The first-order valence-corrected chi connectivity index (χ1v) is 8.56. The Bertz CT molecular complexity index is 836. The summed E-state index contributed by atoms with van der Waals surface area (Å²) in [6.45, 7) is 8.16. The molecule has 0 saturated carbocycles. The minimum absolute atomic E-state index is 0.0578. The molecule has 7 heteroatoms. The van der Waals surface area contributed by atoms with Crippen LogP contribution in [0.1, 0.15) is 33.3 Å². The summed E-state index contributed by atoms with van der Waals surface area (Å²) in [5, 5.41) is 11.8. The minimum Gasteiger partial charge on any atom is -0.505 e. The van der Waals surface area contributed by atoms with Gasteiger partial charge in [0, 0.05) is 23.7 Å². The summed E-state index contributed by atoms with van der Waals surface area (Å²) in [5.74, 6) is 0.0578. The number of rotatable bonds is 3. The third-order valence-electron chi connectivity index (χ3n) is 4.98. The molecule has 0 atom stereocenters. The van der Waals surface area contributed by atoms with Crippen molar-refractivity contribution < 1.29 is 14.4 Å². The van der Waals surface area contributed by atoms with E-state index in [0.29, 0.717) is 21.5 Å². The summed E-state index contributed by atoms with van der Waals surface area (Å²) in [6.07, 6.45) is 3.38. The third kappa shape index (κ3) is 3.15. The van der Waals surface area contributed by atoms with Crippen LogP contribution in [0.5, 0.6) is 5.75 Å². The lowest BCUT2D eigenvalue weighted by atomic mass is 9.77. The number of hydrogen-bond donors (Lipinski definition) is 2. The van der Waals surface area contributed by atoms with E-state index in [2.05, 4.69) is 4.98 Å². The predicted molar refractivity (Wildman–Crippen MR) is 102 cm³/mol. The molecule has 1 aromatic heterocycles. The van der Waals surface area contributed by atoms with Crippen molar-refractivity contribution in [1.29, 1.82) is 0 Å². The maximum atomic E-state index is 10.6. The van der Waals surface area contributed by atoms with Crippen molar-refractivity contribution in [3.63, 3.8) is 0 Å². The predicted octanol–water partition coefficient (Wildman–Crippen LogP) is 3.57. The molecule has 1 aliphatic rings. The van der Waals surface area contributed by atoms with Gasteiger partial charge in [-0.1, -0.05) is 17.7 Å². The number of halogens is 1. The minimum atomic E-state index is -0.576. The maximum Gasteiger partial charge on any atom is 0.491 e. The van der Waals surface area contributed by atoms with Crippen molar-refractivity contribution in [3.8, 4) is 5.75 Å². The van der Waals surface area contributed by atoms with Gasteiger partial charge < -0.3 is 20.1 Å². The molecule has 0 amide bonds. The number of pyridine rings is 1. The van der Waals surface area contributed by atoms with Crippen LogP contribution in [0.4, 0.5) is 0 Å². The molecular formula is C18H22BClN2O3. The van der Waals surface area contributed by atoms with Crippen molar-refractivity contribution in [2.24, 2.45) is 5.73 Å². The monoisotopic (exact) mass is 360 g/mol. The summed E-state index contributed by atoms with van der Waals surface area (Å²) in [6, 6.07) is 5.29. The first-order chi connectivity index (χ1) is 11.7. The van der Waals surface area contributed by atoms with Crippen LogP contribution in [0, 0.1) is 0 Å². The molecule has 1 aliphatic heterocycles. The molecule has 2 heterocycles. The van der Waals surface area contributed by atoms with E-state index in [0.717, 1.165) is 5.47 Å². The highest BCUT2D eigenvalue weighted by molar-refractivity contribution is 6.56. The summed E-state index contributed by atoms with van der Waals surface area (Å²) in [4.78, 5) is 4.22. The molecule has 3 N–H and O–H groups in total. The first kappa shape index (κ1) is 18.2. The average Bonchev–Trinajstić information content (AvgIpc) is 2.77. The number of nitrogens with zero attached hydrogens (tertiary/aromatic N) is 1. The zero-order valence-electron chi connectivity index (χ0n) is 14.8. The van der Waals surface area contributed by atoms with Crippen LogP contribution in [0.2, 0.25) is 5.02 Å². The fourth-order valence-corrected chi connectivity index (χ4v) is 3.00. The molecule has 0 unspecified atom stereocenters. The molecule has 0 spiro atoms. The summed E-state index contributed by atoms with van der Waals surface area (Å²) in [5.41, 5.74) is 6.70. The van der Waals surface area contributed by atoms with Gasteiger partial charge in [0.05, 0.1) is 16.2 Å². The zero-order valence-corrected chi connectivity index (χ0v) is 15.6. The highest BCUT2D eigenvalue weighted by Gasteiger charge is 2.52. The van der Waals surface area contributed by atoms with Crippen LogP contribution in [0.3, 0.4) is 0 Å². The van der Waals surface area contributed by atoms with Gasteiger partial charge in [-0.2, -0.15) is 0 Å². The fraction of sp³-hybridized carbons (Fsp3) is 0.389. The second-order valence-electron chi connectivity index (χ2n) is 7.21. The summed E-state index contributed by atoms with van der Waals surface area (Å²) < 4.78 is 12.1. The molecule has 0 radical (unpaired) electrons. The van der Waals surface area contributed by atoms with Gasteiger partial charge >= 0.3 is 7.12 Å². The smallest absolute Gasteiger partial charge is 0.491 e. The fourth-order valence-electron chi connectivity index (χ4n) is 2.73. The second-order valence-corrected chi connectivity index (χ2v) is 7.61. The molecule has 2 aromatic rings. The van der Waals surface area contributed by atoms with Gasteiger partial charge in [-0.25, -0.2) is 0 Å². The van der Waals surface area contributed by atoms with Crippen molar-refractivity contribution >= 4 is 35.7 Å². The van der Waals surface area contributed by atoms with Crippen molar-refractivity contribution in [2.75, 3.05) is 6.54 Å². The van der Waals surface area contributed by atoms with E-state index in [9.17, 15) is 5.11 Å². The van der Waals surface area contributed by atoms with Crippen LogP contribution in [0.15, 0.2) is 29.9 Å². The Morgan fingerprint density at radius 3 is 2.56 bits per heavy atom. The van der Waals surface area contributed by atoms with Crippen molar-refractivity contribution in [2.45, 2.75) is 38.9 Å². The van der Waals surface area contributed by atoms with Gasteiger partial charge in [0.1, 0.15) is 11.3 Å². The Balaban J connectivity index is 2.04. The van der Waals surface area contributed by atoms with Crippen LogP contribution in [-0.4, -0.2) is 35.0 Å². The van der Waals surface area contributed by atoms with E-state index in [1.807, 2.05) is 33.8 Å². The molecule has 1 saturated heterocycles. The molecule has 132 valence electrons. The van der Waals surface area contributed by atoms with Crippen molar-refractivity contribution in [3.05, 3.63) is 40.5 Å². The lowest BCUT2D eigenvalue weighted by Gasteiger charge is -2.32. The van der Waals surface area contributed by atoms with E-state index in [1.165, 1.54) is 0 Å². The van der Waals surface area contributed by atoms with Crippen LogP contribution >= 0.6 is 11.6 Å². The van der Waals surface area contributed by atoms with Crippen LogP contribution in [0.25, 0.3) is 17.0 Å². The number of hydrogen-bond acceptors (Lipinski definition) is 5. The van der Waals surface area contributed by atoms with Crippen LogP contribution in [-0.2, 0) is 9.31 Å². The first-order valence-electron chi connectivity index (χ1n) is 8.18. The summed E-state index contributed by atoms with van der Waals surface area (Å²) >= 11 is 6.34. The van der Waals surface area contributed by atoms with E-state index < -0.39 is 18.3 Å². The highest BCUT2D eigenvalue weighted by atomic mass is 35.5. The molecule has 0 bridgehead atoms. The molecule has 5 nitrogen and oxygen atoms in total. The van der Waals surface area contributed by atoms with E-state index in [4.69, 9.17) is 26.6 Å². The maximum absolute atomic E-state index is 10.6. The van der Waals surface area contributed by atoms with Gasteiger partial charge in [0.25, 0.3) is 0 Å². The number of phenolic OH excluding ortho intramolecular Hbond substituents is 1. The number of nitrogens with two attached hydrogens (primary N) is 1. The summed E-state index contributed by atoms with van der Waals surface area (Å²) in [7, 11) is -0.576. The quantitative estimate of drug-likeness (QED) is 0.818. The molecule has 25 heavy (non-hydrogen) atoms. The normalized spacial score (nSPS) is 19.6. The van der Waals surface area contributed by atoms with Gasteiger partial charge in [0.15, 0.2) is 0 Å². The lowest BCUT2D eigenvalue weighted by Crippen LogP contribution is -2.41. The van der Waals surface area contributed by atoms with E-state index in [-0.39, 0.29) is 12.3 Å². The number of fused-ring (bicyclic) bond motifs is 1. The average molecular weight is 361 g/mol. The van der Waals surface area contributed by atoms with E-state index in [1.54, 1.807) is 24.4 Å². The number of benzene rings is 1. The van der Waals surface area contributed by atoms with E-state index >= 15 is 0 Å². The van der Waals surface area contributed by atoms with Gasteiger partial charge in [-0.05, 0) is 51.4 Å². The van der Waals surface area contributed by atoms with Crippen molar-refractivity contribution in [1.82, 2.24) is 4.98 Å². The molecule has 0 aliphatic carbocycles. The largest absolute Gasteiger partial charge is 0.505 e. The Hall–Kier alpha value is -1.60. The molecule has 1 aromatic carbocycles. The van der Waals surface area contributed by atoms with Gasteiger partial charge in [0.2, 0.25) is 0 Å². The SMILES string of the molecule is CC1(C)OB(C(=Cc2cc(Cl)c3cccnc3c2O)CN)OC1(C)C. The Labute approximate surface area is 152 Å². The Kier molecular flexibility index (Phi) is 4.58. The highest BCUT2D eigenvalue weighted by Crippen LogP contribution is 2.40. The zero-order chi connectivity index (χ0) is 18.4.